The number of benzene rings is 2. The van der Waals surface area contributed by atoms with E-state index in [1.807, 2.05) is 36.5 Å². The monoisotopic (exact) mass is 235 g/mol. The van der Waals surface area contributed by atoms with Crippen LogP contribution in [0.1, 0.15) is 16.7 Å². The van der Waals surface area contributed by atoms with Crippen LogP contribution in [0.3, 0.4) is 0 Å². The molecule has 2 aromatic carbocycles. The van der Waals surface area contributed by atoms with Crippen LogP contribution >= 0.6 is 0 Å². The Morgan fingerprint density at radius 3 is 2.44 bits per heavy atom. The first-order valence-electron chi connectivity index (χ1n) is 5.95. The molecule has 1 heterocycles. The summed E-state index contributed by atoms with van der Waals surface area (Å²) in [4.78, 5) is 12.7. The van der Waals surface area contributed by atoms with Gasteiger partial charge < -0.3 is 4.90 Å². The molecule has 0 fully saturated rings. The van der Waals surface area contributed by atoms with Gasteiger partial charge in [0, 0.05) is 11.8 Å². The van der Waals surface area contributed by atoms with E-state index < -0.39 is 0 Å². The average molecular weight is 235 g/mol. The lowest BCUT2D eigenvalue weighted by Gasteiger charge is -2.24. The molecular formula is C16H13NO. The molecular weight excluding hydrogens is 222 g/mol. The van der Waals surface area contributed by atoms with Crippen LogP contribution in [0.15, 0.2) is 60.8 Å². The number of amides is 1. The van der Waals surface area contributed by atoms with Crippen molar-refractivity contribution >= 4 is 12.0 Å². The smallest absolute Gasteiger partial charge is 0.213 e. The van der Waals surface area contributed by atoms with Crippen LogP contribution < -0.4 is 0 Å². The van der Waals surface area contributed by atoms with Crippen LogP contribution in [0.25, 0.3) is 5.57 Å². The van der Waals surface area contributed by atoms with Crippen LogP contribution in [0.4, 0.5) is 0 Å². The highest BCUT2D eigenvalue weighted by Gasteiger charge is 2.17. The largest absolute Gasteiger partial charge is 0.317 e. The van der Waals surface area contributed by atoms with Crippen molar-refractivity contribution in [1.29, 1.82) is 0 Å². The van der Waals surface area contributed by atoms with Crippen LogP contribution in [0.2, 0.25) is 0 Å². The fourth-order valence-electron chi connectivity index (χ4n) is 2.31. The number of carbonyl (C=O) groups excluding carboxylic acids is 1. The summed E-state index contributed by atoms with van der Waals surface area (Å²) < 4.78 is 0. The zero-order valence-corrected chi connectivity index (χ0v) is 9.91. The van der Waals surface area contributed by atoms with Gasteiger partial charge in [-0.25, -0.2) is 0 Å². The summed E-state index contributed by atoms with van der Waals surface area (Å²) in [6, 6.07) is 18.4. The molecule has 1 amide bonds. The first kappa shape index (κ1) is 10.8. The standard InChI is InChI=1S/C16H13NO/c18-12-17-10-14-8-4-5-9-15(14)16(11-17)13-6-2-1-3-7-13/h1-9,11-12H,10H2. The number of carbonyl (C=O) groups is 1. The minimum Gasteiger partial charge on any atom is -0.317 e. The molecule has 3 rings (SSSR count). The second kappa shape index (κ2) is 4.49. The van der Waals surface area contributed by atoms with Crippen molar-refractivity contribution in [2.24, 2.45) is 0 Å². The third kappa shape index (κ3) is 1.82. The fraction of sp³-hybridized carbons (Fsp3) is 0.0625. The van der Waals surface area contributed by atoms with Crippen LogP contribution in [0, 0.1) is 0 Å². The maximum atomic E-state index is 11.0. The van der Waals surface area contributed by atoms with Crippen LogP contribution in [0.5, 0.6) is 0 Å². The molecule has 0 atom stereocenters. The first-order chi connectivity index (χ1) is 8.88. The quantitative estimate of drug-likeness (QED) is 0.733. The molecule has 0 saturated heterocycles. The van der Waals surface area contributed by atoms with E-state index in [4.69, 9.17) is 0 Å². The van der Waals surface area contributed by atoms with E-state index >= 15 is 0 Å². The molecule has 0 aliphatic carbocycles. The van der Waals surface area contributed by atoms with Gasteiger partial charge in [0.15, 0.2) is 0 Å². The minimum absolute atomic E-state index is 0.649. The van der Waals surface area contributed by atoms with Crippen LogP contribution in [-0.4, -0.2) is 11.3 Å². The normalized spacial score (nSPS) is 13.8. The van der Waals surface area contributed by atoms with E-state index in [9.17, 15) is 4.79 Å². The Labute approximate surface area is 106 Å². The predicted octanol–water partition coefficient (Wildman–Crippen LogP) is 3.05. The molecule has 2 aromatic rings. The molecule has 0 unspecified atom stereocenters. The molecule has 0 spiro atoms. The van der Waals surface area contributed by atoms with E-state index in [2.05, 4.69) is 24.3 Å². The minimum atomic E-state index is 0.649. The van der Waals surface area contributed by atoms with Gasteiger partial charge in [-0.05, 0) is 16.7 Å². The van der Waals surface area contributed by atoms with Gasteiger partial charge >= 0.3 is 0 Å². The van der Waals surface area contributed by atoms with Gasteiger partial charge in [-0.15, -0.1) is 0 Å². The molecule has 1 aliphatic rings. The Hall–Kier alpha value is -2.35. The SMILES string of the molecule is O=CN1C=C(c2ccccc2)c2ccccc2C1. The Morgan fingerprint density at radius 2 is 1.67 bits per heavy atom. The third-order valence-electron chi connectivity index (χ3n) is 3.18. The Kier molecular flexibility index (Phi) is 2.69. The summed E-state index contributed by atoms with van der Waals surface area (Å²) in [5, 5.41) is 0. The topological polar surface area (TPSA) is 20.3 Å². The van der Waals surface area contributed by atoms with Crippen molar-refractivity contribution in [2.45, 2.75) is 6.54 Å². The van der Waals surface area contributed by atoms with Crippen molar-refractivity contribution in [3.8, 4) is 0 Å². The van der Waals surface area contributed by atoms with Crippen molar-refractivity contribution in [3.63, 3.8) is 0 Å². The van der Waals surface area contributed by atoms with Gasteiger partial charge in [-0.1, -0.05) is 54.6 Å². The highest BCUT2D eigenvalue weighted by molar-refractivity contribution is 5.83. The van der Waals surface area contributed by atoms with E-state index in [0.29, 0.717) is 6.54 Å². The van der Waals surface area contributed by atoms with Crippen molar-refractivity contribution < 1.29 is 4.79 Å². The summed E-state index contributed by atoms with van der Waals surface area (Å²) in [7, 11) is 0. The van der Waals surface area contributed by atoms with Gasteiger partial charge in [-0.2, -0.15) is 0 Å². The van der Waals surface area contributed by atoms with Gasteiger partial charge in [0.25, 0.3) is 0 Å². The lowest BCUT2D eigenvalue weighted by Crippen LogP contribution is -2.20. The molecule has 2 nitrogen and oxygen atoms in total. The molecule has 0 N–H and O–H groups in total. The highest BCUT2D eigenvalue weighted by atomic mass is 16.1. The first-order valence-corrected chi connectivity index (χ1v) is 5.95. The van der Waals surface area contributed by atoms with E-state index in [-0.39, 0.29) is 0 Å². The van der Waals surface area contributed by atoms with Crippen molar-refractivity contribution in [3.05, 3.63) is 77.5 Å². The molecule has 18 heavy (non-hydrogen) atoms. The summed E-state index contributed by atoms with van der Waals surface area (Å²) in [6.45, 7) is 0.649. The maximum absolute atomic E-state index is 11.0. The Balaban J connectivity index is 2.16. The second-order valence-electron chi connectivity index (χ2n) is 4.34. The zero-order valence-electron chi connectivity index (χ0n) is 9.91. The molecule has 88 valence electrons. The van der Waals surface area contributed by atoms with Gasteiger partial charge in [0.2, 0.25) is 6.41 Å². The summed E-state index contributed by atoms with van der Waals surface area (Å²) in [5.74, 6) is 0. The maximum Gasteiger partial charge on any atom is 0.213 e. The number of nitrogens with zero attached hydrogens (tertiary/aromatic N) is 1. The predicted molar refractivity (Wildman–Crippen MR) is 71.6 cm³/mol. The molecule has 0 aromatic heterocycles. The highest BCUT2D eigenvalue weighted by Crippen LogP contribution is 2.30. The van der Waals surface area contributed by atoms with Crippen molar-refractivity contribution in [1.82, 2.24) is 4.90 Å². The van der Waals surface area contributed by atoms with E-state index in [1.54, 1.807) is 4.90 Å². The molecule has 2 heteroatoms. The Bertz CT molecular complexity index is 602. The Morgan fingerprint density at radius 1 is 0.944 bits per heavy atom. The molecule has 0 bridgehead atoms. The zero-order chi connectivity index (χ0) is 12.4. The lowest BCUT2D eigenvalue weighted by atomic mass is 9.92. The fourth-order valence-corrected chi connectivity index (χ4v) is 2.31. The summed E-state index contributed by atoms with van der Waals surface area (Å²) in [6.07, 6.45) is 2.80. The molecule has 1 aliphatic heterocycles. The number of hydrogen-bond acceptors (Lipinski definition) is 1. The second-order valence-corrected chi connectivity index (χ2v) is 4.34. The lowest BCUT2D eigenvalue weighted by molar-refractivity contribution is -0.116. The average Bonchev–Trinajstić information content (AvgIpc) is 2.47. The number of rotatable bonds is 2. The van der Waals surface area contributed by atoms with Crippen molar-refractivity contribution in [2.75, 3.05) is 0 Å². The molecule has 0 radical (unpaired) electrons. The summed E-state index contributed by atoms with van der Waals surface area (Å²) in [5.41, 5.74) is 4.63. The number of hydrogen-bond donors (Lipinski definition) is 0. The van der Waals surface area contributed by atoms with Gasteiger partial charge in [0.05, 0.1) is 6.54 Å². The van der Waals surface area contributed by atoms with Crippen LogP contribution in [-0.2, 0) is 11.3 Å². The summed E-state index contributed by atoms with van der Waals surface area (Å²) >= 11 is 0. The third-order valence-corrected chi connectivity index (χ3v) is 3.18. The van der Waals surface area contributed by atoms with Gasteiger partial charge in [-0.3, -0.25) is 4.79 Å². The van der Waals surface area contributed by atoms with E-state index in [0.717, 1.165) is 17.5 Å². The van der Waals surface area contributed by atoms with Gasteiger partial charge in [0.1, 0.15) is 0 Å². The van der Waals surface area contributed by atoms with E-state index in [1.165, 1.54) is 11.1 Å². The number of fused-ring (bicyclic) bond motifs is 1. The molecule has 0 saturated carbocycles.